The van der Waals surface area contributed by atoms with Gasteiger partial charge in [-0.15, -0.1) is 0 Å². The number of ether oxygens (including phenoxy) is 1. The molecule has 3 N–H and O–H groups in total. The molecule has 1 heterocycles. The van der Waals surface area contributed by atoms with Crippen LogP contribution in [0.15, 0.2) is 24.3 Å². The molecule has 1 aromatic carbocycles. The Morgan fingerprint density at radius 1 is 1.18 bits per heavy atom. The van der Waals surface area contributed by atoms with Gasteiger partial charge in [0, 0.05) is 18.7 Å². The second-order valence-electron chi connectivity index (χ2n) is 4.68. The van der Waals surface area contributed by atoms with E-state index in [-0.39, 0.29) is 23.6 Å². The van der Waals surface area contributed by atoms with Gasteiger partial charge in [-0.2, -0.15) is 0 Å². The lowest BCUT2D eigenvalue weighted by Gasteiger charge is -2.26. The predicted octanol–water partition coefficient (Wildman–Crippen LogP) is -1.10. The Balaban J connectivity index is 1.88. The predicted molar refractivity (Wildman–Crippen MR) is 74.8 cm³/mol. The maximum absolute atomic E-state index is 11.8. The zero-order valence-corrected chi connectivity index (χ0v) is 11.7. The Bertz CT molecular complexity index is 611. The molecule has 0 aromatic heterocycles. The first-order valence-electron chi connectivity index (χ1n) is 6.59. The number of benzene rings is 1. The van der Waals surface area contributed by atoms with Gasteiger partial charge in [0.25, 0.3) is 5.91 Å². The van der Waals surface area contributed by atoms with Gasteiger partial charge in [0.05, 0.1) is 12.1 Å². The number of nitrogens with two attached hydrogens (primary N) is 1. The van der Waals surface area contributed by atoms with E-state index < -0.39 is 24.4 Å². The molecule has 8 nitrogen and oxygen atoms in total. The van der Waals surface area contributed by atoms with Gasteiger partial charge in [-0.05, 0) is 24.3 Å². The van der Waals surface area contributed by atoms with Crippen LogP contribution in [0.1, 0.15) is 20.7 Å². The first-order valence-corrected chi connectivity index (χ1v) is 6.59. The van der Waals surface area contributed by atoms with Crippen molar-refractivity contribution in [1.29, 1.82) is 0 Å². The van der Waals surface area contributed by atoms with Gasteiger partial charge >= 0.3 is 5.97 Å². The lowest BCUT2D eigenvalue weighted by atomic mass is 10.1. The second-order valence-corrected chi connectivity index (χ2v) is 4.68. The maximum atomic E-state index is 11.8. The van der Waals surface area contributed by atoms with Crippen molar-refractivity contribution in [3.8, 4) is 0 Å². The third-order valence-corrected chi connectivity index (χ3v) is 3.12. The fourth-order valence-corrected chi connectivity index (χ4v) is 1.92. The van der Waals surface area contributed by atoms with Crippen molar-refractivity contribution >= 4 is 23.7 Å². The Hall–Kier alpha value is -2.90. The van der Waals surface area contributed by atoms with E-state index in [1.165, 1.54) is 29.2 Å². The summed E-state index contributed by atoms with van der Waals surface area (Å²) in [6, 6.07) is 5.58. The van der Waals surface area contributed by atoms with Gasteiger partial charge in [0.1, 0.15) is 0 Å². The highest BCUT2D eigenvalue weighted by Crippen LogP contribution is 2.06. The molecule has 3 amide bonds. The number of rotatable bonds is 4. The molecule has 22 heavy (non-hydrogen) atoms. The Labute approximate surface area is 126 Å². The molecule has 1 saturated heterocycles. The average Bonchev–Trinajstić information content (AvgIpc) is 2.52. The molecular formula is C14H15N3O5. The van der Waals surface area contributed by atoms with Crippen LogP contribution in [0.2, 0.25) is 0 Å². The van der Waals surface area contributed by atoms with Crippen LogP contribution in [0.25, 0.3) is 0 Å². The molecule has 0 atom stereocenters. The van der Waals surface area contributed by atoms with Gasteiger partial charge in [-0.3, -0.25) is 14.4 Å². The molecule has 8 heteroatoms. The Morgan fingerprint density at radius 2 is 1.82 bits per heavy atom. The highest BCUT2D eigenvalue weighted by molar-refractivity contribution is 5.96. The van der Waals surface area contributed by atoms with E-state index in [1.54, 1.807) is 0 Å². The lowest BCUT2D eigenvalue weighted by Crippen LogP contribution is -2.51. The summed E-state index contributed by atoms with van der Waals surface area (Å²) in [6.07, 6.45) is 0. The Kier molecular flexibility index (Phi) is 4.72. The minimum atomic E-state index is -0.689. The molecule has 2 rings (SSSR count). The largest absolute Gasteiger partial charge is 0.452 e. The first-order chi connectivity index (χ1) is 10.5. The number of amides is 3. The third kappa shape index (κ3) is 3.81. The summed E-state index contributed by atoms with van der Waals surface area (Å²) in [6.45, 7) is 0.288. The van der Waals surface area contributed by atoms with E-state index in [2.05, 4.69) is 5.32 Å². The number of nitrogens with zero attached hydrogens (tertiary/aromatic N) is 1. The van der Waals surface area contributed by atoms with Gasteiger partial charge in [0.2, 0.25) is 11.8 Å². The molecule has 0 aliphatic carbocycles. The van der Waals surface area contributed by atoms with Crippen molar-refractivity contribution in [2.24, 2.45) is 5.73 Å². The van der Waals surface area contributed by atoms with E-state index >= 15 is 0 Å². The van der Waals surface area contributed by atoms with E-state index in [0.717, 1.165) is 0 Å². The minimum absolute atomic E-state index is 0.0380. The molecular weight excluding hydrogens is 290 g/mol. The molecule has 116 valence electrons. The van der Waals surface area contributed by atoms with E-state index in [1.807, 2.05) is 0 Å². The van der Waals surface area contributed by atoms with Crippen molar-refractivity contribution in [2.45, 2.75) is 0 Å². The van der Waals surface area contributed by atoms with Gasteiger partial charge < -0.3 is 20.7 Å². The summed E-state index contributed by atoms with van der Waals surface area (Å²) >= 11 is 0. The minimum Gasteiger partial charge on any atom is -0.452 e. The number of piperazine rings is 1. The number of nitrogens with one attached hydrogen (secondary N) is 1. The number of carbonyl (C=O) groups excluding carboxylic acids is 4. The summed E-state index contributed by atoms with van der Waals surface area (Å²) in [4.78, 5) is 47.0. The Morgan fingerprint density at radius 3 is 2.41 bits per heavy atom. The van der Waals surface area contributed by atoms with Crippen molar-refractivity contribution in [3.05, 3.63) is 35.4 Å². The topological polar surface area (TPSA) is 119 Å². The maximum Gasteiger partial charge on any atom is 0.338 e. The zero-order chi connectivity index (χ0) is 16.1. The standard InChI is InChI=1S/C14H15N3O5/c15-13(20)9-1-3-10(4-2-9)14(21)22-8-12(19)17-6-5-16-11(18)7-17/h1-4H,5-8H2,(H2,15,20)(H,16,18). The van der Waals surface area contributed by atoms with Crippen molar-refractivity contribution in [1.82, 2.24) is 10.2 Å². The first kappa shape index (κ1) is 15.5. The molecule has 1 aliphatic heterocycles. The number of carbonyl (C=O) groups is 4. The molecule has 0 spiro atoms. The molecule has 1 aromatic rings. The fraction of sp³-hybridized carbons (Fsp3) is 0.286. The van der Waals surface area contributed by atoms with Crippen LogP contribution in [0, 0.1) is 0 Å². The van der Waals surface area contributed by atoms with Crippen LogP contribution < -0.4 is 11.1 Å². The fourth-order valence-electron chi connectivity index (χ4n) is 1.92. The van der Waals surface area contributed by atoms with Gasteiger partial charge in [-0.1, -0.05) is 0 Å². The van der Waals surface area contributed by atoms with Crippen LogP contribution in [0.3, 0.4) is 0 Å². The van der Waals surface area contributed by atoms with Crippen molar-refractivity contribution < 1.29 is 23.9 Å². The number of hydrogen-bond donors (Lipinski definition) is 2. The number of esters is 1. The SMILES string of the molecule is NC(=O)c1ccc(C(=O)OCC(=O)N2CCNC(=O)C2)cc1. The van der Waals surface area contributed by atoms with Gasteiger partial charge in [0.15, 0.2) is 6.61 Å². The molecule has 0 saturated carbocycles. The van der Waals surface area contributed by atoms with E-state index in [0.29, 0.717) is 13.1 Å². The normalized spacial score (nSPS) is 14.2. The number of hydrogen-bond acceptors (Lipinski definition) is 5. The summed E-state index contributed by atoms with van der Waals surface area (Å²) in [5, 5.41) is 2.59. The van der Waals surface area contributed by atoms with Crippen molar-refractivity contribution in [2.75, 3.05) is 26.2 Å². The molecule has 1 fully saturated rings. The summed E-state index contributed by atoms with van der Waals surface area (Å²) < 4.78 is 4.90. The zero-order valence-electron chi connectivity index (χ0n) is 11.7. The molecule has 1 aliphatic rings. The lowest BCUT2D eigenvalue weighted by molar-refractivity contribution is -0.140. The summed E-state index contributed by atoms with van der Waals surface area (Å²) in [5.74, 6) is -1.96. The number of primary amides is 1. The van der Waals surface area contributed by atoms with Crippen LogP contribution in [0.4, 0.5) is 0 Å². The monoisotopic (exact) mass is 305 g/mol. The van der Waals surface area contributed by atoms with Crippen molar-refractivity contribution in [3.63, 3.8) is 0 Å². The van der Waals surface area contributed by atoms with Crippen LogP contribution in [-0.4, -0.2) is 54.8 Å². The quantitative estimate of drug-likeness (QED) is 0.684. The smallest absolute Gasteiger partial charge is 0.338 e. The average molecular weight is 305 g/mol. The second kappa shape index (κ2) is 6.70. The summed E-state index contributed by atoms with van der Waals surface area (Å²) in [5.41, 5.74) is 5.57. The van der Waals surface area contributed by atoms with E-state index in [9.17, 15) is 19.2 Å². The third-order valence-electron chi connectivity index (χ3n) is 3.12. The molecule has 0 bridgehead atoms. The van der Waals surface area contributed by atoms with Crippen LogP contribution >= 0.6 is 0 Å². The highest BCUT2D eigenvalue weighted by atomic mass is 16.5. The van der Waals surface area contributed by atoms with Crippen LogP contribution in [-0.2, 0) is 14.3 Å². The van der Waals surface area contributed by atoms with E-state index in [4.69, 9.17) is 10.5 Å². The summed E-state index contributed by atoms with van der Waals surface area (Å²) in [7, 11) is 0. The van der Waals surface area contributed by atoms with Gasteiger partial charge in [-0.25, -0.2) is 4.79 Å². The highest BCUT2D eigenvalue weighted by Gasteiger charge is 2.22. The van der Waals surface area contributed by atoms with Crippen LogP contribution in [0.5, 0.6) is 0 Å². The molecule has 0 unspecified atom stereocenters. The molecule has 0 radical (unpaired) electrons.